The maximum absolute atomic E-state index is 12.2. The molecule has 0 saturated carbocycles. The number of nitrogens with zero attached hydrogens (tertiary/aromatic N) is 3. The molecule has 0 aliphatic heterocycles. The van der Waals surface area contributed by atoms with Crippen molar-refractivity contribution in [1.29, 1.82) is 0 Å². The lowest BCUT2D eigenvalue weighted by molar-refractivity contribution is 0.102. The Labute approximate surface area is 165 Å². The largest absolute Gasteiger partial charge is 0.296 e. The predicted octanol–water partition coefficient (Wildman–Crippen LogP) is 3.51. The van der Waals surface area contributed by atoms with E-state index in [1.54, 1.807) is 35.7 Å². The third-order valence-electron chi connectivity index (χ3n) is 3.70. The zero-order chi connectivity index (χ0) is 19.6. The molecule has 1 N–H and O–H groups in total. The summed E-state index contributed by atoms with van der Waals surface area (Å²) in [6, 6.07) is 10.0. The summed E-state index contributed by atoms with van der Waals surface area (Å²) in [7, 11) is -1.82. The van der Waals surface area contributed by atoms with Crippen LogP contribution in [0, 0.1) is 0 Å². The number of sulfonamides is 1. The van der Waals surface area contributed by atoms with E-state index in [0.29, 0.717) is 21.5 Å². The second-order valence-corrected chi connectivity index (χ2v) is 8.94. The van der Waals surface area contributed by atoms with Crippen molar-refractivity contribution in [1.82, 2.24) is 9.97 Å². The highest BCUT2D eigenvalue weighted by Gasteiger charge is 2.14. The molecule has 2 aromatic heterocycles. The SMILES string of the molecule is CN(c1ccc(-c2csc(NC(=O)c3cc(Cl)ccn3)n2)cc1)S(C)(=O)=O. The molecule has 140 valence electrons. The smallest absolute Gasteiger partial charge is 0.276 e. The Bertz CT molecular complexity index is 1080. The topological polar surface area (TPSA) is 92.3 Å². The molecule has 0 aliphatic rings. The molecule has 1 aromatic carbocycles. The molecule has 3 aromatic rings. The first kappa shape index (κ1) is 19.3. The van der Waals surface area contributed by atoms with Crippen molar-refractivity contribution in [2.45, 2.75) is 0 Å². The Balaban J connectivity index is 1.75. The molecule has 0 saturated heterocycles. The van der Waals surface area contributed by atoms with Crippen LogP contribution in [-0.2, 0) is 10.0 Å². The number of halogens is 1. The third-order valence-corrected chi connectivity index (χ3v) is 5.90. The van der Waals surface area contributed by atoms with Crippen LogP contribution in [0.1, 0.15) is 10.5 Å². The second-order valence-electron chi connectivity index (χ2n) is 5.63. The number of rotatable bonds is 5. The van der Waals surface area contributed by atoms with Gasteiger partial charge in [0.15, 0.2) is 5.13 Å². The van der Waals surface area contributed by atoms with Gasteiger partial charge in [0.25, 0.3) is 5.91 Å². The number of thiazole rings is 1. The number of carbonyl (C=O) groups is 1. The van der Waals surface area contributed by atoms with Crippen LogP contribution in [0.25, 0.3) is 11.3 Å². The summed E-state index contributed by atoms with van der Waals surface area (Å²) in [5.74, 6) is -0.400. The van der Waals surface area contributed by atoms with Crippen LogP contribution >= 0.6 is 22.9 Å². The van der Waals surface area contributed by atoms with Gasteiger partial charge in [0, 0.05) is 29.2 Å². The molecule has 0 radical (unpaired) electrons. The van der Waals surface area contributed by atoms with Gasteiger partial charge in [0.05, 0.1) is 17.6 Å². The number of nitrogens with one attached hydrogen (secondary N) is 1. The van der Waals surface area contributed by atoms with Gasteiger partial charge in [-0.2, -0.15) is 0 Å². The standard InChI is InChI=1S/C17H15ClN4O3S2/c1-22(27(2,24)25)13-5-3-11(4-6-13)15-10-26-17(20-15)21-16(23)14-9-12(18)7-8-19-14/h3-10H,1-2H3,(H,20,21,23). The lowest BCUT2D eigenvalue weighted by Crippen LogP contribution is -2.24. The summed E-state index contributed by atoms with van der Waals surface area (Å²) in [6.07, 6.45) is 2.60. The molecule has 10 heteroatoms. The fourth-order valence-electron chi connectivity index (χ4n) is 2.19. The number of carbonyl (C=O) groups excluding carboxylic acids is 1. The minimum atomic E-state index is -3.32. The number of pyridine rings is 1. The van der Waals surface area contributed by atoms with Gasteiger partial charge >= 0.3 is 0 Å². The van der Waals surface area contributed by atoms with Crippen molar-refractivity contribution in [3.8, 4) is 11.3 Å². The second kappa shape index (κ2) is 7.63. The molecule has 0 atom stereocenters. The van der Waals surface area contributed by atoms with Crippen molar-refractivity contribution >= 4 is 49.7 Å². The summed E-state index contributed by atoms with van der Waals surface area (Å²) in [6.45, 7) is 0. The number of amides is 1. The minimum absolute atomic E-state index is 0.201. The molecular weight excluding hydrogens is 408 g/mol. The van der Waals surface area contributed by atoms with E-state index in [-0.39, 0.29) is 5.69 Å². The first-order valence-corrected chi connectivity index (χ1v) is 10.8. The van der Waals surface area contributed by atoms with E-state index in [9.17, 15) is 13.2 Å². The van der Waals surface area contributed by atoms with Crippen LogP contribution < -0.4 is 9.62 Å². The van der Waals surface area contributed by atoms with Gasteiger partial charge in [-0.05, 0) is 24.3 Å². The number of benzene rings is 1. The van der Waals surface area contributed by atoms with Gasteiger partial charge in [0.1, 0.15) is 5.69 Å². The molecule has 0 aliphatic carbocycles. The molecule has 27 heavy (non-hydrogen) atoms. The normalized spacial score (nSPS) is 11.2. The van der Waals surface area contributed by atoms with Crippen molar-refractivity contribution in [2.75, 3.05) is 22.9 Å². The van der Waals surface area contributed by atoms with Crippen LogP contribution in [0.4, 0.5) is 10.8 Å². The summed E-state index contributed by atoms with van der Waals surface area (Å²) in [5.41, 5.74) is 2.23. The van der Waals surface area contributed by atoms with E-state index in [0.717, 1.165) is 11.8 Å². The molecule has 1 amide bonds. The van der Waals surface area contributed by atoms with Gasteiger partial charge in [-0.3, -0.25) is 19.4 Å². The number of aromatic nitrogens is 2. The number of anilines is 2. The molecule has 2 heterocycles. The highest BCUT2D eigenvalue weighted by molar-refractivity contribution is 7.92. The molecular formula is C17H15ClN4O3S2. The highest BCUT2D eigenvalue weighted by atomic mass is 35.5. The van der Waals surface area contributed by atoms with Crippen molar-refractivity contribution < 1.29 is 13.2 Å². The van der Waals surface area contributed by atoms with Gasteiger partial charge < -0.3 is 0 Å². The van der Waals surface area contributed by atoms with E-state index in [1.165, 1.54) is 35.0 Å². The van der Waals surface area contributed by atoms with E-state index < -0.39 is 15.9 Å². The van der Waals surface area contributed by atoms with Crippen LogP contribution in [0.2, 0.25) is 5.02 Å². The van der Waals surface area contributed by atoms with Gasteiger partial charge in [0.2, 0.25) is 10.0 Å². The average Bonchev–Trinajstić information content (AvgIpc) is 3.09. The predicted molar refractivity (Wildman–Crippen MR) is 108 cm³/mol. The zero-order valence-corrected chi connectivity index (χ0v) is 16.8. The van der Waals surface area contributed by atoms with Gasteiger partial charge in [-0.25, -0.2) is 13.4 Å². The molecule has 0 spiro atoms. The van der Waals surface area contributed by atoms with E-state index >= 15 is 0 Å². The Morgan fingerprint density at radius 2 is 1.93 bits per heavy atom. The lowest BCUT2D eigenvalue weighted by atomic mass is 10.1. The highest BCUT2D eigenvalue weighted by Crippen LogP contribution is 2.27. The average molecular weight is 423 g/mol. The Morgan fingerprint density at radius 1 is 1.22 bits per heavy atom. The summed E-state index contributed by atoms with van der Waals surface area (Å²) in [4.78, 5) is 20.6. The molecule has 7 nitrogen and oxygen atoms in total. The molecule has 3 rings (SSSR count). The van der Waals surface area contributed by atoms with Crippen LogP contribution in [-0.4, -0.2) is 37.6 Å². The maximum Gasteiger partial charge on any atom is 0.276 e. The van der Waals surface area contributed by atoms with Crippen LogP contribution in [0.3, 0.4) is 0 Å². The first-order chi connectivity index (χ1) is 12.7. The molecule has 0 unspecified atom stereocenters. The monoisotopic (exact) mass is 422 g/mol. The van der Waals surface area contributed by atoms with Crippen LogP contribution in [0.15, 0.2) is 48.0 Å². The molecule has 0 bridgehead atoms. The minimum Gasteiger partial charge on any atom is -0.296 e. The van der Waals surface area contributed by atoms with E-state index in [1.807, 2.05) is 0 Å². The maximum atomic E-state index is 12.2. The molecule has 0 fully saturated rings. The number of hydrogen-bond acceptors (Lipinski definition) is 6. The summed E-state index contributed by atoms with van der Waals surface area (Å²) < 4.78 is 24.4. The van der Waals surface area contributed by atoms with Crippen molar-refractivity contribution in [2.24, 2.45) is 0 Å². The van der Waals surface area contributed by atoms with Crippen LogP contribution in [0.5, 0.6) is 0 Å². The fraction of sp³-hybridized carbons (Fsp3) is 0.118. The number of hydrogen-bond donors (Lipinski definition) is 1. The Morgan fingerprint density at radius 3 is 2.56 bits per heavy atom. The summed E-state index contributed by atoms with van der Waals surface area (Å²) >= 11 is 7.14. The van der Waals surface area contributed by atoms with Gasteiger partial charge in [-0.15, -0.1) is 11.3 Å². The quantitative estimate of drug-likeness (QED) is 0.679. The fourth-order valence-corrected chi connectivity index (χ4v) is 3.57. The van der Waals surface area contributed by atoms with E-state index in [2.05, 4.69) is 15.3 Å². The first-order valence-electron chi connectivity index (χ1n) is 7.67. The van der Waals surface area contributed by atoms with Crippen molar-refractivity contribution in [3.05, 3.63) is 58.7 Å². The van der Waals surface area contributed by atoms with E-state index in [4.69, 9.17) is 11.6 Å². The Kier molecular flexibility index (Phi) is 5.45. The lowest BCUT2D eigenvalue weighted by Gasteiger charge is -2.16. The summed E-state index contributed by atoms with van der Waals surface area (Å²) in [5, 5.41) is 5.34. The zero-order valence-electron chi connectivity index (χ0n) is 14.4. The van der Waals surface area contributed by atoms with Gasteiger partial charge in [-0.1, -0.05) is 23.7 Å². The van der Waals surface area contributed by atoms with Crippen molar-refractivity contribution in [3.63, 3.8) is 0 Å². The third kappa shape index (κ3) is 4.62. The Hall–Kier alpha value is -2.49.